The summed E-state index contributed by atoms with van der Waals surface area (Å²) >= 11 is 0. The highest BCUT2D eigenvalue weighted by atomic mass is 35.5. The number of likely N-dealkylation sites (tertiary alicyclic amines) is 1. The molecule has 4 heterocycles. The summed E-state index contributed by atoms with van der Waals surface area (Å²) in [5.74, 6) is -3.49. The van der Waals surface area contributed by atoms with Gasteiger partial charge in [0.25, 0.3) is 5.92 Å². The lowest BCUT2D eigenvalue weighted by Crippen LogP contribution is -2.60. The van der Waals surface area contributed by atoms with Gasteiger partial charge >= 0.3 is 0 Å². The van der Waals surface area contributed by atoms with E-state index in [0.717, 1.165) is 19.4 Å². The highest BCUT2D eigenvalue weighted by molar-refractivity contribution is 5.97. The van der Waals surface area contributed by atoms with Gasteiger partial charge in [0.1, 0.15) is 0 Å². The van der Waals surface area contributed by atoms with E-state index in [0.29, 0.717) is 56.8 Å². The number of amides is 2. The summed E-state index contributed by atoms with van der Waals surface area (Å²) in [4.78, 5) is 36.0. The number of pyridine rings is 1. The van der Waals surface area contributed by atoms with Crippen molar-refractivity contribution < 1.29 is 18.4 Å². The number of carbonyl (C=O) groups is 2. The summed E-state index contributed by atoms with van der Waals surface area (Å²) in [6.45, 7) is 9.48. The Morgan fingerprint density at radius 3 is 2.59 bits per heavy atom. The molecule has 1 aromatic heterocycles. The lowest BCUT2D eigenvalue weighted by Gasteiger charge is -2.41. The van der Waals surface area contributed by atoms with Crippen LogP contribution in [0.3, 0.4) is 0 Å². The number of halogens is 4. The number of nitrogens with one attached hydrogen (secondary N) is 1. The number of hydrogen-bond donors (Lipinski definition) is 1. The standard InChI is InChI=1S/C26H37F2N5O2.2ClH/c1-17-13-32(20(12-29-17)14-31-9-5-8-22(31)34)15-23(35)33-16-25(2,3)24-21(33)10-19(11-30-24)26(27,28)18-6-4-7-18;;/h10-11,17-18,20,29H,4-9,12-16H2,1-3H3;2*1H/t17-,20-;;/m1../s1. The molecule has 0 spiro atoms. The maximum absolute atomic E-state index is 15.1. The number of nitrogens with zero attached hydrogens (tertiary/aromatic N) is 4. The average molecular weight is 563 g/mol. The maximum Gasteiger partial charge on any atom is 0.277 e. The van der Waals surface area contributed by atoms with Crippen molar-refractivity contribution in [1.82, 2.24) is 20.1 Å². The van der Waals surface area contributed by atoms with Crippen molar-refractivity contribution in [2.45, 2.75) is 76.3 Å². The Kier molecular flexibility index (Phi) is 9.15. The van der Waals surface area contributed by atoms with Gasteiger partial charge in [-0.1, -0.05) is 20.3 Å². The van der Waals surface area contributed by atoms with Crippen LogP contribution < -0.4 is 10.2 Å². The van der Waals surface area contributed by atoms with E-state index in [1.54, 1.807) is 4.90 Å². The van der Waals surface area contributed by atoms with E-state index in [-0.39, 0.29) is 60.8 Å². The number of hydrogen-bond acceptors (Lipinski definition) is 5. The predicted octanol–water partition coefficient (Wildman–Crippen LogP) is 3.73. The molecule has 1 saturated carbocycles. The normalized spacial score (nSPS) is 25.8. The van der Waals surface area contributed by atoms with Crippen LogP contribution in [0.5, 0.6) is 0 Å². The number of fused-ring (bicyclic) bond motifs is 1. The van der Waals surface area contributed by atoms with Crippen molar-refractivity contribution >= 4 is 42.3 Å². The molecule has 2 saturated heterocycles. The predicted molar refractivity (Wildman–Crippen MR) is 144 cm³/mol. The number of piperazine rings is 1. The fraction of sp³-hybridized carbons (Fsp3) is 0.731. The molecule has 1 aromatic rings. The summed E-state index contributed by atoms with van der Waals surface area (Å²) in [6.07, 6.45) is 4.68. The lowest BCUT2D eigenvalue weighted by atomic mass is 9.78. The Balaban J connectivity index is 0.00000190. The highest BCUT2D eigenvalue weighted by Gasteiger charge is 2.47. The molecule has 1 N–H and O–H groups in total. The van der Waals surface area contributed by atoms with Gasteiger partial charge in [0.05, 0.1) is 17.9 Å². The molecule has 0 unspecified atom stereocenters. The molecule has 5 rings (SSSR count). The van der Waals surface area contributed by atoms with Crippen molar-refractivity contribution in [2.24, 2.45) is 5.92 Å². The maximum atomic E-state index is 15.1. The van der Waals surface area contributed by atoms with Gasteiger partial charge in [-0.05, 0) is 32.3 Å². The molecule has 2 atom stereocenters. The largest absolute Gasteiger partial charge is 0.341 e. The summed E-state index contributed by atoms with van der Waals surface area (Å²) < 4.78 is 30.2. The van der Waals surface area contributed by atoms with Crippen molar-refractivity contribution in [3.05, 3.63) is 23.5 Å². The molecule has 3 aliphatic heterocycles. The van der Waals surface area contributed by atoms with Crippen LogP contribution in [0.4, 0.5) is 14.5 Å². The molecule has 0 bridgehead atoms. The van der Waals surface area contributed by atoms with Gasteiger partial charge in [0.2, 0.25) is 11.8 Å². The first kappa shape index (κ1) is 30.0. The van der Waals surface area contributed by atoms with E-state index in [1.807, 2.05) is 18.7 Å². The first-order valence-corrected chi connectivity index (χ1v) is 13.0. The second-order valence-electron chi connectivity index (χ2n) is 11.5. The van der Waals surface area contributed by atoms with Crippen molar-refractivity contribution in [3.63, 3.8) is 0 Å². The topological polar surface area (TPSA) is 68.8 Å². The minimum atomic E-state index is -2.93. The monoisotopic (exact) mass is 561 g/mol. The summed E-state index contributed by atoms with van der Waals surface area (Å²) in [6, 6.07) is 1.78. The Hall–Kier alpha value is -1.55. The summed E-state index contributed by atoms with van der Waals surface area (Å²) in [5, 5.41) is 3.47. The second kappa shape index (κ2) is 11.3. The van der Waals surface area contributed by atoms with Gasteiger partial charge < -0.3 is 15.1 Å². The Labute approximate surface area is 230 Å². The number of rotatable bonds is 6. The molecule has 208 valence electrons. The number of alkyl halides is 2. The van der Waals surface area contributed by atoms with Gasteiger partial charge in [-0.2, -0.15) is 0 Å². The quantitative estimate of drug-likeness (QED) is 0.573. The van der Waals surface area contributed by atoms with Gasteiger partial charge in [0, 0.05) is 74.3 Å². The molecule has 0 radical (unpaired) electrons. The molecular formula is C26H39Cl2F2N5O2. The molecule has 7 nitrogen and oxygen atoms in total. The van der Waals surface area contributed by atoms with E-state index in [1.165, 1.54) is 12.3 Å². The molecule has 2 amide bonds. The fourth-order valence-corrected chi connectivity index (χ4v) is 5.96. The van der Waals surface area contributed by atoms with Crippen molar-refractivity contribution in [1.29, 1.82) is 0 Å². The minimum Gasteiger partial charge on any atom is -0.341 e. The second-order valence-corrected chi connectivity index (χ2v) is 11.5. The van der Waals surface area contributed by atoms with Crippen LogP contribution >= 0.6 is 24.8 Å². The van der Waals surface area contributed by atoms with E-state index < -0.39 is 17.3 Å². The van der Waals surface area contributed by atoms with Gasteiger partial charge in [-0.15, -0.1) is 24.8 Å². The molecule has 1 aliphatic carbocycles. The van der Waals surface area contributed by atoms with Crippen molar-refractivity contribution in [3.8, 4) is 0 Å². The first-order valence-electron chi connectivity index (χ1n) is 13.0. The number of carbonyl (C=O) groups excluding carboxylic acids is 2. The third-order valence-corrected chi connectivity index (χ3v) is 8.32. The third-order valence-electron chi connectivity index (χ3n) is 8.32. The Bertz CT molecular complexity index is 1010. The summed E-state index contributed by atoms with van der Waals surface area (Å²) in [7, 11) is 0. The van der Waals surface area contributed by atoms with Crippen LogP contribution in [-0.4, -0.2) is 78.0 Å². The zero-order valence-corrected chi connectivity index (χ0v) is 23.5. The zero-order chi connectivity index (χ0) is 25.0. The van der Waals surface area contributed by atoms with Crippen LogP contribution in [-0.2, 0) is 20.9 Å². The van der Waals surface area contributed by atoms with E-state index in [9.17, 15) is 9.59 Å². The molecule has 11 heteroatoms. The number of aromatic nitrogens is 1. The van der Waals surface area contributed by atoms with E-state index in [4.69, 9.17) is 0 Å². The molecule has 37 heavy (non-hydrogen) atoms. The molecule has 0 aromatic carbocycles. The molecular weight excluding hydrogens is 523 g/mol. The van der Waals surface area contributed by atoms with Crippen LogP contribution in [0.15, 0.2) is 12.3 Å². The van der Waals surface area contributed by atoms with E-state index >= 15 is 8.78 Å². The zero-order valence-electron chi connectivity index (χ0n) is 21.8. The van der Waals surface area contributed by atoms with E-state index in [2.05, 4.69) is 22.1 Å². The highest BCUT2D eigenvalue weighted by Crippen LogP contribution is 2.48. The Morgan fingerprint density at radius 2 is 1.97 bits per heavy atom. The van der Waals surface area contributed by atoms with Gasteiger partial charge in [-0.3, -0.25) is 19.5 Å². The van der Waals surface area contributed by atoms with Gasteiger partial charge in [-0.25, -0.2) is 8.78 Å². The van der Waals surface area contributed by atoms with Crippen molar-refractivity contribution in [2.75, 3.05) is 44.2 Å². The van der Waals surface area contributed by atoms with Crippen LogP contribution in [0, 0.1) is 5.92 Å². The minimum absolute atomic E-state index is 0. The SMILES string of the molecule is C[C@@H]1CN(CC(=O)N2CC(C)(C)c3ncc(C(F)(F)C4CCC4)cc32)[C@@H](CN2CCCC2=O)CN1.Cl.Cl. The molecule has 4 aliphatic rings. The van der Waals surface area contributed by atoms with Crippen LogP contribution in [0.2, 0.25) is 0 Å². The number of anilines is 1. The first-order chi connectivity index (χ1) is 16.6. The summed E-state index contributed by atoms with van der Waals surface area (Å²) in [5.41, 5.74) is 0.725. The lowest BCUT2D eigenvalue weighted by molar-refractivity contribution is -0.128. The van der Waals surface area contributed by atoms with Gasteiger partial charge in [0.15, 0.2) is 0 Å². The fourth-order valence-electron chi connectivity index (χ4n) is 5.96. The third kappa shape index (κ3) is 5.75. The van der Waals surface area contributed by atoms with Crippen LogP contribution in [0.25, 0.3) is 0 Å². The Morgan fingerprint density at radius 1 is 1.24 bits per heavy atom. The van der Waals surface area contributed by atoms with Crippen LogP contribution in [0.1, 0.15) is 64.1 Å². The smallest absolute Gasteiger partial charge is 0.277 e. The molecule has 3 fully saturated rings. The average Bonchev–Trinajstić information content (AvgIpc) is 3.28.